The van der Waals surface area contributed by atoms with Crippen LogP contribution in [0.1, 0.15) is 99.3 Å². The van der Waals surface area contributed by atoms with E-state index in [9.17, 15) is 9.59 Å². The number of fused-ring (bicyclic) bond motifs is 5. The maximum absolute atomic E-state index is 14.8. The van der Waals surface area contributed by atoms with Crippen molar-refractivity contribution in [2.45, 2.75) is 161 Å². The Labute approximate surface area is 323 Å². The number of hydrogen-bond acceptors (Lipinski definition) is 11. The predicted molar refractivity (Wildman–Crippen MR) is 203 cm³/mol. The van der Waals surface area contributed by atoms with Crippen molar-refractivity contribution in [2.24, 2.45) is 41.4 Å². The molecule has 3 aliphatic carbocycles. The summed E-state index contributed by atoms with van der Waals surface area (Å²) in [6, 6.07) is 0. The standard InChI is InChI=1S/C43H69NO10/c1-10-28-13-12-14-36(54-38-16-15-27(22-44-7)25(5)50-38)24(4)39(46)35-20-33-31(34(35)21-37(45)52-28)17-23(3)30-18-29(19-32(30)33)53-43-42(48-9)41(49-11-2)40(47-8)26(6)51-43/h17,20,24-34,36,38,40-44H,10-16,18-19,21-22H2,1-9H3/t24-,25?,26?,27?,28+,29-,30+,31-,32-,33-,34+,36+,38?,40?,41?,42?,43?/m1/s1. The Morgan fingerprint density at radius 3 is 2.31 bits per heavy atom. The lowest BCUT2D eigenvalue weighted by atomic mass is 9.67. The zero-order chi connectivity index (χ0) is 38.7. The van der Waals surface area contributed by atoms with Crippen LogP contribution < -0.4 is 5.32 Å². The Morgan fingerprint density at radius 1 is 0.852 bits per heavy atom. The van der Waals surface area contributed by atoms with Crippen molar-refractivity contribution < 1.29 is 47.5 Å². The lowest BCUT2D eigenvalue weighted by Crippen LogP contribution is -2.60. The summed E-state index contributed by atoms with van der Waals surface area (Å²) in [7, 11) is 5.32. The van der Waals surface area contributed by atoms with Crippen LogP contribution in [0, 0.1) is 41.4 Å². The molecule has 17 atom stereocenters. The van der Waals surface area contributed by atoms with E-state index in [2.05, 4.69) is 38.2 Å². The number of cyclic esters (lactones) is 1. The lowest BCUT2D eigenvalue weighted by molar-refractivity contribution is -0.317. The molecule has 6 rings (SSSR count). The number of carbonyl (C=O) groups excluding carboxylic acids is 2. The number of Topliss-reactive ketones (excluding diaryl/α,β-unsaturated/α-hetero) is 1. The van der Waals surface area contributed by atoms with Gasteiger partial charge in [-0.1, -0.05) is 31.6 Å². The first kappa shape index (κ1) is 41.9. The third kappa shape index (κ3) is 8.89. The average molecular weight is 760 g/mol. The second kappa shape index (κ2) is 18.7. The SMILES string of the molecule is CCOC1C(OC)C(C)OC(O[C@H]2C[C@H]3[C@@H]4C=C5C(=O)[C@H](C)[C@@H](OC6CCC(CNC)C(C)O6)CCC[C@H](CC)OC(=O)C[C@H]5[C@@H]4C=C(C)[C@@H]3C2)C1OC. The van der Waals surface area contributed by atoms with Crippen molar-refractivity contribution in [3.8, 4) is 0 Å². The normalized spacial score (nSPS) is 44.6. The van der Waals surface area contributed by atoms with E-state index in [1.165, 1.54) is 5.57 Å². The highest BCUT2D eigenvalue weighted by atomic mass is 16.7. The van der Waals surface area contributed by atoms with E-state index >= 15 is 0 Å². The van der Waals surface area contributed by atoms with E-state index in [4.69, 9.17) is 37.9 Å². The van der Waals surface area contributed by atoms with Gasteiger partial charge in [-0.05, 0) is 121 Å². The molecular weight excluding hydrogens is 690 g/mol. The molecule has 8 unspecified atom stereocenters. The van der Waals surface area contributed by atoms with Crippen LogP contribution in [0.4, 0.5) is 0 Å². The van der Waals surface area contributed by atoms with Gasteiger partial charge >= 0.3 is 5.97 Å². The van der Waals surface area contributed by atoms with Gasteiger partial charge in [0.1, 0.15) is 24.4 Å². The van der Waals surface area contributed by atoms with Crippen LogP contribution in [0.5, 0.6) is 0 Å². The molecule has 1 N–H and O–H groups in total. The van der Waals surface area contributed by atoms with E-state index in [1.54, 1.807) is 14.2 Å². The minimum Gasteiger partial charge on any atom is -0.462 e. The number of allylic oxidation sites excluding steroid dienone is 4. The van der Waals surface area contributed by atoms with E-state index in [0.29, 0.717) is 24.9 Å². The Balaban J connectivity index is 1.22. The van der Waals surface area contributed by atoms with Crippen LogP contribution in [0.25, 0.3) is 0 Å². The fraction of sp³-hybridized carbons (Fsp3) is 0.860. The van der Waals surface area contributed by atoms with Gasteiger partial charge in [0.25, 0.3) is 0 Å². The molecule has 3 aliphatic heterocycles. The smallest absolute Gasteiger partial charge is 0.306 e. The van der Waals surface area contributed by atoms with Gasteiger partial charge in [0.05, 0.1) is 30.8 Å². The van der Waals surface area contributed by atoms with Crippen molar-refractivity contribution in [1.82, 2.24) is 5.32 Å². The van der Waals surface area contributed by atoms with Gasteiger partial charge in [-0.25, -0.2) is 0 Å². The van der Waals surface area contributed by atoms with Crippen LogP contribution in [-0.4, -0.2) is 108 Å². The van der Waals surface area contributed by atoms with Crippen molar-refractivity contribution in [1.29, 1.82) is 0 Å². The molecule has 3 saturated heterocycles. The zero-order valence-electron chi connectivity index (χ0n) is 34.3. The molecule has 306 valence electrons. The average Bonchev–Trinajstić information content (AvgIpc) is 3.73. The van der Waals surface area contributed by atoms with E-state index in [-0.39, 0.29) is 96.8 Å². The molecule has 0 spiro atoms. The van der Waals surface area contributed by atoms with Gasteiger partial charge < -0.3 is 43.2 Å². The zero-order valence-corrected chi connectivity index (χ0v) is 34.3. The van der Waals surface area contributed by atoms with E-state index in [1.807, 2.05) is 27.8 Å². The molecule has 0 radical (unpaired) electrons. The molecule has 0 bridgehead atoms. The van der Waals surface area contributed by atoms with E-state index < -0.39 is 12.4 Å². The number of nitrogens with one attached hydrogen (secondary N) is 1. The summed E-state index contributed by atoms with van der Waals surface area (Å²) in [6.07, 6.45) is 8.73. The van der Waals surface area contributed by atoms with E-state index in [0.717, 1.165) is 57.1 Å². The number of methoxy groups -OCH3 is 2. The minimum atomic E-state index is -0.596. The Bertz CT molecular complexity index is 1340. The van der Waals surface area contributed by atoms with Gasteiger partial charge in [-0.15, -0.1) is 0 Å². The van der Waals surface area contributed by atoms with Crippen molar-refractivity contribution in [3.63, 3.8) is 0 Å². The summed E-state index contributed by atoms with van der Waals surface area (Å²) in [6.45, 7) is 13.8. The van der Waals surface area contributed by atoms with Crippen LogP contribution >= 0.6 is 0 Å². The largest absolute Gasteiger partial charge is 0.462 e. The molecule has 4 fully saturated rings. The number of carbonyl (C=O) groups is 2. The summed E-state index contributed by atoms with van der Waals surface area (Å²) in [4.78, 5) is 28.4. The molecule has 0 aromatic heterocycles. The summed E-state index contributed by atoms with van der Waals surface area (Å²) < 4.78 is 50.3. The van der Waals surface area contributed by atoms with Gasteiger partial charge in [-0.2, -0.15) is 0 Å². The fourth-order valence-corrected chi connectivity index (χ4v) is 10.8. The highest BCUT2D eigenvalue weighted by Crippen LogP contribution is 2.56. The topological polar surface area (TPSA) is 120 Å². The third-order valence-electron chi connectivity index (χ3n) is 13.7. The summed E-state index contributed by atoms with van der Waals surface area (Å²) in [5, 5.41) is 3.29. The fourth-order valence-electron chi connectivity index (χ4n) is 10.8. The Morgan fingerprint density at radius 2 is 1.63 bits per heavy atom. The molecule has 0 aromatic carbocycles. The van der Waals surface area contributed by atoms with Crippen molar-refractivity contribution in [3.05, 3.63) is 23.3 Å². The number of ketones is 1. The number of hydrogen-bond donors (Lipinski definition) is 1. The lowest BCUT2D eigenvalue weighted by Gasteiger charge is -2.44. The summed E-state index contributed by atoms with van der Waals surface area (Å²) in [5.74, 6) is 0.458. The molecule has 0 amide bonds. The third-order valence-corrected chi connectivity index (χ3v) is 13.7. The summed E-state index contributed by atoms with van der Waals surface area (Å²) in [5.41, 5.74) is 2.08. The number of esters is 1. The highest BCUT2D eigenvalue weighted by molar-refractivity contribution is 5.99. The summed E-state index contributed by atoms with van der Waals surface area (Å²) >= 11 is 0. The molecular formula is C43H69NO10. The van der Waals surface area contributed by atoms with Crippen molar-refractivity contribution >= 4 is 11.8 Å². The number of rotatable bonds is 11. The van der Waals surface area contributed by atoms with Crippen LogP contribution in [0.15, 0.2) is 23.3 Å². The van der Waals surface area contributed by atoms with Gasteiger partial charge in [0, 0.05) is 39.2 Å². The first-order chi connectivity index (χ1) is 26.0. The maximum atomic E-state index is 14.8. The van der Waals surface area contributed by atoms with Gasteiger partial charge in [0.15, 0.2) is 18.4 Å². The second-order valence-corrected chi connectivity index (χ2v) is 17.0. The quantitative estimate of drug-likeness (QED) is 0.192. The predicted octanol–water partition coefficient (Wildman–Crippen LogP) is 6.17. The molecule has 54 heavy (non-hydrogen) atoms. The number of ether oxygens (including phenoxy) is 8. The van der Waals surface area contributed by atoms with Crippen molar-refractivity contribution in [2.75, 3.05) is 34.4 Å². The maximum Gasteiger partial charge on any atom is 0.306 e. The first-order valence-electron chi connectivity index (χ1n) is 21.1. The Kier molecular flexibility index (Phi) is 14.5. The van der Waals surface area contributed by atoms with Crippen LogP contribution in [0.3, 0.4) is 0 Å². The molecule has 1 saturated carbocycles. The van der Waals surface area contributed by atoms with Crippen LogP contribution in [-0.2, 0) is 47.5 Å². The van der Waals surface area contributed by atoms with Crippen LogP contribution in [0.2, 0.25) is 0 Å². The second-order valence-electron chi connectivity index (χ2n) is 17.0. The highest BCUT2D eigenvalue weighted by Gasteiger charge is 2.54. The van der Waals surface area contributed by atoms with Gasteiger partial charge in [0.2, 0.25) is 0 Å². The molecule has 11 nitrogen and oxygen atoms in total. The minimum absolute atomic E-state index is 0.0418. The molecule has 6 aliphatic rings. The molecule has 0 aromatic rings. The Hall–Kier alpha value is -1.70. The van der Waals surface area contributed by atoms with Gasteiger partial charge in [-0.3, -0.25) is 9.59 Å². The molecule has 11 heteroatoms. The first-order valence-corrected chi connectivity index (χ1v) is 21.1. The molecule has 3 heterocycles. The monoisotopic (exact) mass is 759 g/mol.